The van der Waals surface area contributed by atoms with E-state index < -0.39 is 35.4 Å². The monoisotopic (exact) mass is 471 g/mol. The second-order valence-corrected chi connectivity index (χ2v) is 7.45. The van der Waals surface area contributed by atoms with E-state index in [1.54, 1.807) is 6.92 Å². The van der Waals surface area contributed by atoms with Crippen molar-refractivity contribution in [3.8, 4) is 11.4 Å². The fourth-order valence-electron chi connectivity index (χ4n) is 3.03. The fourth-order valence-corrected chi connectivity index (χ4v) is 3.03. The topological polar surface area (TPSA) is 68.0 Å². The van der Waals surface area contributed by atoms with Crippen LogP contribution in [0, 0.1) is 5.92 Å². The van der Waals surface area contributed by atoms with E-state index in [2.05, 4.69) is 15.5 Å². The van der Waals surface area contributed by atoms with Crippen LogP contribution in [0.4, 0.5) is 26.3 Å². The molecule has 0 saturated heterocycles. The third-order valence-corrected chi connectivity index (χ3v) is 5.13. The summed E-state index contributed by atoms with van der Waals surface area (Å²) < 4.78 is 82.4. The highest BCUT2D eigenvalue weighted by Gasteiger charge is 2.32. The summed E-state index contributed by atoms with van der Waals surface area (Å²) in [6.45, 7) is 3.62. The molecule has 0 spiro atoms. The van der Waals surface area contributed by atoms with Crippen LogP contribution in [0.15, 0.2) is 53.1 Å². The van der Waals surface area contributed by atoms with Crippen molar-refractivity contribution in [2.45, 2.75) is 38.7 Å². The van der Waals surface area contributed by atoms with E-state index in [9.17, 15) is 31.1 Å². The van der Waals surface area contributed by atoms with E-state index in [4.69, 9.17) is 4.52 Å². The van der Waals surface area contributed by atoms with E-state index in [1.165, 1.54) is 12.1 Å². The van der Waals surface area contributed by atoms with Crippen molar-refractivity contribution < 1.29 is 35.7 Å². The first-order valence-corrected chi connectivity index (χ1v) is 9.89. The number of amides is 1. The fraction of sp³-hybridized carbons (Fsp3) is 0.318. The Bertz CT molecular complexity index is 1110. The molecule has 5 nitrogen and oxygen atoms in total. The molecule has 0 fully saturated rings. The van der Waals surface area contributed by atoms with Crippen LogP contribution < -0.4 is 5.32 Å². The molecule has 0 radical (unpaired) electrons. The van der Waals surface area contributed by atoms with E-state index in [-0.39, 0.29) is 28.8 Å². The van der Waals surface area contributed by atoms with Crippen LogP contribution in [-0.2, 0) is 12.4 Å². The maximum absolute atomic E-state index is 13.0. The third-order valence-electron chi connectivity index (χ3n) is 5.13. The van der Waals surface area contributed by atoms with Crippen molar-refractivity contribution in [2.24, 2.45) is 5.92 Å². The van der Waals surface area contributed by atoms with E-state index in [1.807, 2.05) is 6.92 Å². The molecule has 0 aliphatic heterocycles. The van der Waals surface area contributed by atoms with Gasteiger partial charge in [0.05, 0.1) is 11.1 Å². The lowest BCUT2D eigenvalue weighted by molar-refractivity contribution is -0.138. The Balaban J connectivity index is 1.85. The number of rotatable bonds is 6. The number of hydrogen-bond acceptors (Lipinski definition) is 4. The molecule has 1 heterocycles. The number of nitrogens with one attached hydrogen (secondary N) is 1. The first kappa shape index (κ1) is 24.3. The number of benzene rings is 2. The number of carbonyl (C=O) groups excluding carboxylic acids is 1. The molecule has 0 aliphatic carbocycles. The molecule has 176 valence electrons. The molecule has 33 heavy (non-hydrogen) atoms. The van der Waals surface area contributed by atoms with Gasteiger partial charge < -0.3 is 9.84 Å². The largest absolute Gasteiger partial charge is 0.416 e. The SMILES string of the molecule is CC[C@@H](C)[C@H](NC(=O)c1ccc(C(F)(F)F)cc1)c1nc(-c2cccc(C(F)(F)F)c2)no1. The number of halogens is 6. The lowest BCUT2D eigenvalue weighted by Crippen LogP contribution is -2.32. The Hall–Kier alpha value is -3.37. The van der Waals surface area contributed by atoms with Gasteiger partial charge in [0.15, 0.2) is 0 Å². The zero-order valence-corrected chi connectivity index (χ0v) is 17.5. The molecule has 11 heteroatoms. The predicted octanol–water partition coefficient (Wildman–Crippen LogP) is 6.29. The van der Waals surface area contributed by atoms with Gasteiger partial charge in [0.2, 0.25) is 11.7 Å². The maximum Gasteiger partial charge on any atom is 0.416 e. The summed E-state index contributed by atoms with van der Waals surface area (Å²) >= 11 is 0. The smallest absolute Gasteiger partial charge is 0.340 e. The van der Waals surface area contributed by atoms with Crippen LogP contribution in [0.1, 0.15) is 53.7 Å². The minimum atomic E-state index is -4.54. The van der Waals surface area contributed by atoms with Crippen LogP contribution in [-0.4, -0.2) is 16.0 Å². The lowest BCUT2D eigenvalue weighted by Gasteiger charge is -2.21. The Morgan fingerprint density at radius 1 is 1.00 bits per heavy atom. The maximum atomic E-state index is 13.0. The molecule has 0 unspecified atom stereocenters. The number of nitrogens with zero attached hydrogens (tertiary/aromatic N) is 2. The van der Waals surface area contributed by atoms with Gasteiger partial charge in [-0.3, -0.25) is 4.79 Å². The summed E-state index contributed by atoms with van der Waals surface area (Å²) in [5.74, 6) is -1.00. The van der Waals surface area contributed by atoms with Crippen LogP contribution in [0.25, 0.3) is 11.4 Å². The van der Waals surface area contributed by atoms with Crippen LogP contribution >= 0.6 is 0 Å². The Morgan fingerprint density at radius 3 is 2.21 bits per heavy atom. The Kier molecular flexibility index (Phi) is 6.80. The van der Waals surface area contributed by atoms with Crippen molar-refractivity contribution >= 4 is 5.91 Å². The molecule has 1 N–H and O–H groups in total. The zero-order valence-electron chi connectivity index (χ0n) is 17.5. The molecule has 0 aliphatic rings. The Labute approximate surface area is 184 Å². The predicted molar refractivity (Wildman–Crippen MR) is 106 cm³/mol. The molecule has 3 rings (SSSR count). The summed E-state index contributed by atoms with van der Waals surface area (Å²) in [5, 5.41) is 6.40. The van der Waals surface area contributed by atoms with Crippen LogP contribution in [0.2, 0.25) is 0 Å². The molecule has 2 aromatic carbocycles. The molecule has 0 saturated carbocycles. The molecular weight excluding hydrogens is 452 g/mol. The summed E-state index contributed by atoms with van der Waals surface area (Å²) in [5.41, 5.74) is -1.69. The van der Waals surface area contributed by atoms with Gasteiger partial charge in [0.25, 0.3) is 5.91 Å². The van der Waals surface area contributed by atoms with Crippen molar-refractivity contribution in [2.75, 3.05) is 0 Å². The first-order chi connectivity index (χ1) is 15.4. The summed E-state index contributed by atoms with van der Waals surface area (Å²) in [6.07, 6.45) is -8.51. The molecular formula is C22H19F6N3O2. The number of hydrogen-bond donors (Lipinski definition) is 1. The normalized spacial score (nSPS) is 14.1. The Morgan fingerprint density at radius 2 is 1.64 bits per heavy atom. The number of aromatic nitrogens is 2. The summed E-state index contributed by atoms with van der Waals surface area (Å²) in [4.78, 5) is 16.8. The van der Waals surface area contributed by atoms with E-state index >= 15 is 0 Å². The van der Waals surface area contributed by atoms with E-state index in [0.29, 0.717) is 6.42 Å². The van der Waals surface area contributed by atoms with E-state index in [0.717, 1.165) is 36.4 Å². The molecule has 3 aromatic rings. The third kappa shape index (κ3) is 5.71. The quantitative estimate of drug-likeness (QED) is 0.429. The highest BCUT2D eigenvalue weighted by molar-refractivity contribution is 5.94. The van der Waals surface area contributed by atoms with Crippen molar-refractivity contribution in [3.63, 3.8) is 0 Å². The number of carbonyl (C=O) groups is 1. The average molecular weight is 471 g/mol. The highest BCUT2D eigenvalue weighted by Crippen LogP contribution is 2.33. The molecule has 1 aromatic heterocycles. The summed E-state index contributed by atoms with van der Waals surface area (Å²) in [6, 6.07) is 7.29. The molecule has 0 bridgehead atoms. The van der Waals surface area contributed by atoms with Gasteiger partial charge in [-0.1, -0.05) is 37.6 Å². The van der Waals surface area contributed by atoms with Gasteiger partial charge in [0.1, 0.15) is 6.04 Å². The van der Waals surface area contributed by atoms with Gasteiger partial charge in [0, 0.05) is 11.1 Å². The van der Waals surface area contributed by atoms with Crippen molar-refractivity contribution in [3.05, 3.63) is 71.1 Å². The minimum Gasteiger partial charge on any atom is -0.340 e. The van der Waals surface area contributed by atoms with Gasteiger partial charge in [-0.05, 0) is 42.3 Å². The van der Waals surface area contributed by atoms with Gasteiger partial charge in [-0.25, -0.2) is 0 Å². The number of alkyl halides is 6. The molecule has 2 atom stereocenters. The van der Waals surface area contributed by atoms with Crippen molar-refractivity contribution in [1.29, 1.82) is 0 Å². The van der Waals surface area contributed by atoms with Gasteiger partial charge >= 0.3 is 12.4 Å². The van der Waals surface area contributed by atoms with Crippen LogP contribution in [0.3, 0.4) is 0 Å². The highest BCUT2D eigenvalue weighted by atomic mass is 19.4. The minimum absolute atomic E-state index is 0.00563. The standard InChI is InChI=1S/C22H19F6N3O2/c1-3-12(2)17(29-19(32)13-7-9-15(10-8-13)21(23,24)25)20-30-18(31-33-20)14-5-4-6-16(11-14)22(26,27)28/h4-12,17H,3H2,1-2H3,(H,29,32)/t12-,17+/m1/s1. The van der Waals surface area contributed by atoms with Gasteiger partial charge in [-0.2, -0.15) is 31.3 Å². The summed E-state index contributed by atoms with van der Waals surface area (Å²) in [7, 11) is 0. The first-order valence-electron chi connectivity index (χ1n) is 9.89. The zero-order chi connectivity index (χ0) is 24.4. The van der Waals surface area contributed by atoms with Crippen molar-refractivity contribution in [1.82, 2.24) is 15.5 Å². The lowest BCUT2D eigenvalue weighted by atomic mass is 9.98. The second kappa shape index (κ2) is 9.24. The van der Waals surface area contributed by atoms with Gasteiger partial charge in [-0.15, -0.1) is 0 Å². The van der Waals surface area contributed by atoms with Crippen LogP contribution in [0.5, 0.6) is 0 Å². The average Bonchev–Trinajstić information content (AvgIpc) is 3.26. The molecule has 1 amide bonds. The second-order valence-electron chi connectivity index (χ2n) is 7.45.